The maximum atomic E-state index is 12.5. The summed E-state index contributed by atoms with van der Waals surface area (Å²) in [6, 6.07) is 0. The molecule has 2 aliphatic rings. The number of alkyl halides is 3. The van der Waals surface area contributed by atoms with Crippen molar-refractivity contribution in [1.82, 2.24) is 15.0 Å². The van der Waals surface area contributed by atoms with Crippen LogP contribution >= 0.6 is 0 Å². The molecule has 2 unspecified atom stereocenters. The minimum absolute atomic E-state index is 0.0431. The quantitative estimate of drug-likeness (QED) is 0.796. The second-order valence-corrected chi connectivity index (χ2v) is 6.84. The van der Waals surface area contributed by atoms with Gasteiger partial charge in [-0.2, -0.15) is 18.2 Å². The fourth-order valence-electron chi connectivity index (χ4n) is 2.82. The molecular formula is C13H16F3N3O3. The van der Waals surface area contributed by atoms with Crippen molar-refractivity contribution in [3.05, 3.63) is 11.7 Å². The normalized spacial score (nSPS) is 27.7. The van der Waals surface area contributed by atoms with Gasteiger partial charge in [0.05, 0.1) is 5.41 Å². The summed E-state index contributed by atoms with van der Waals surface area (Å²) < 4.78 is 47.7. The van der Waals surface area contributed by atoms with Crippen molar-refractivity contribution in [3.63, 3.8) is 0 Å². The first kappa shape index (κ1) is 15.1. The van der Waals surface area contributed by atoms with E-state index < -0.39 is 29.1 Å². The van der Waals surface area contributed by atoms with Crippen LogP contribution in [0.15, 0.2) is 4.52 Å². The van der Waals surface area contributed by atoms with Gasteiger partial charge in [-0.05, 0) is 33.1 Å². The highest BCUT2D eigenvalue weighted by atomic mass is 19.4. The molecule has 0 aromatic carbocycles. The number of piperidine rings is 1. The minimum atomic E-state index is -4.63. The summed E-state index contributed by atoms with van der Waals surface area (Å²) in [6.07, 6.45) is -4.47. The molecule has 1 aliphatic carbocycles. The molecule has 1 saturated heterocycles. The smallest absolute Gasteiger partial charge is 0.444 e. The topological polar surface area (TPSA) is 68.5 Å². The summed E-state index contributed by atoms with van der Waals surface area (Å²) in [5.74, 6) is -1.28. The highest BCUT2D eigenvalue weighted by Gasteiger charge is 2.66. The lowest BCUT2D eigenvalue weighted by atomic mass is 10.1. The van der Waals surface area contributed by atoms with Gasteiger partial charge >= 0.3 is 12.3 Å². The van der Waals surface area contributed by atoms with Crippen molar-refractivity contribution in [2.75, 3.05) is 13.1 Å². The number of carbonyl (C=O) groups excluding carboxylic acids is 1. The Morgan fingerprint density at radius 3 is 2.64 bits per heavy atom. The molecule has 3 rings (SSSR count). The van der Waals surface area contributed by atoms with Crippen molar-refractivity contribution in [3.8, 4) is 0 Å². The number of aromatic nitrogens is 2. The molecular weight excluding hydrogens is 303 g/mol. The lowest BCUT2D eigenvalue weighted by Crippen LogP contribution is -2.37. The Morgan fingerprint density at radius 1 is 1.41 bits per heavy atom. The molecule has 0 bridgehead atoms. The van der Waals surface area contributed by atoms with Crippen molar-refractivity contribution in [2.45, 2.75) is 44.4 Å². The third-order valence-electron chi connectivity index (χ3n) is 3.90. The molecule has 0 spiro atoms. The molecule has 1 saturated carbocycles. The summed E-state index contributed by atoms with van der Waals surface area (Å²) in [4.78, 5) is 17.0. The number of amides is 1. The average Bonchev–Trinajstić information content (AvgIpc) is 2.79. The van der Waals surface area contributed by atoms with E-state index in [1.54, 1.807) is 20.8 Å². The molecule has 1 aromatic rings. The van der Waals surface area contributed by atoms with E-state index >= 15 is 0 Å². The number of halogens is 3. The Bertz CT molecular complexity index is 608. The summed E-state index contributed by atoms with van der Waals surface area (Å²) in [5.41, 5.74) is -1.27. The highest BCUT2D eigenvalue weighted by molar-refractivity contribution is 5.69. The standard InChI is InChI=1S/C13H16F3N3O3/c1-11(2,3)21-10(20)19-5-7-4-12(7,6-19)9-17-8(18-22-9)13(14,15)16/h7H,4-6H2,1-3H3. The minimum Gasteiger partial charge on any atom is -0.444 e. The number of hydrogen-bond donors (Lipinski definition) is 0. The zero-order valence-electron chi connectivity index (χ0n) is 12.4. The van der Waals surface area contributed by atoms with Crippen LogP contribution < -0.4 is 0 Å². The number of nitrogens with zero attached hydrogens (tertiary/aromatic N) is 3. The molecule has 0 radical (unpaired) electrons. The zero-order chi connectivity index (χ0) is 16.3. The Morgan fingerprint density at radius 2 is 2.09 bits per heavy atom. The van der Waals surface area contributed by atoms with E-state index in [2.05, 4.69) is 10.1 Å². The fourth-order valence-corrected chi connectivity index (χ4v) is 2.82. The van der Waals surface area contributed by atoms with E-state index in [9.17, 15) is 18.0 Å². The Balaban J connectivity index is 1.72. The van der Waals surface area contributed by atoms with Crippen LogP contribution in [0.2, 0.25) is 0 Å². The molecule has 2 fully saturated rings. The largest absolute Gasteiger partial charge is 0.455 e. The number of carbonyl (C=O) groups is 1. The van der Waals surface area contributed by atoms with Crippen LogP contribution in [0.4, 0.5) is 18.0 Å². The van der Waals surface area contributed by atoms with Crippen LogP contribution in [0.1, 0.15) is 38.9 Å². The molecule has 122 valence electrons. The van der Waals surface area contributed by atoms with Gasteiger partial charge in [-0.3, -0.25) is 0 Å². The van der Waals surface area contributed by atoms with Crippen LogP contribution in [0.5, 0.6) is 0 Å². The van der Waals surface area contributed by atoms with E-state index in [0.29, 0.717) is 13.0 Å². The summed E-state index contributed by atoms with van der Waals surface area (Å²) in [7, 11) is 0. The van der Waals surface area contributed by atoms with Gasteiger partial charge in [0.15, 0.2) is 0 Å². The van der Waals surface area contributed by atoms with E-state index in [1.165, 1.54) is 4.90 Å². The molecule has 1 amide bonds. The molecule has 6 nitrogen and oxygen atoms in total. The van der Waals surface area contributed by atoms with E-state index in [0.717, 1.165) is 0 Å². The predicted octanol–water partition coefficient (Wildman–Crippen LogP) is 2.60. The average molecular weight is 319 g/mol. The molecule has 2 heterocycles. The van der Waals surface area contributed by atoms with Crippen LogP contribution in [-0.2, 0) is 16.3 Å². The van der Waals surface area contributed by atoms with Crippen molar-refractivity contribution in [2.24, 2.45) is 5.92 Å². The number of likely N-dealkylation sites (tertiary alicyclic amines) is 1. The number of rotatable bonds is 1. The Kier molecular flexibility index (Phi) is 2.99. The molecule has 2 atom stereocenters. The van der Waals surface area contributed by atoms with E-state index in [1.807, 2.05) is 0 Å². The third kappa shape index (κ3) is 2.52. The van der Waals surface area contributed by atoms with Gasteiger partial charge in [-0.15, -0.1) is 0 Å². The molecule has 1 aliphatic heterocycles. The molecule has 9 heteroatoms. The van der Waals surface area contributed by atoms with Gasteiger partial charge in [-0.1, -0.05) is 5.16 Å². The number of hydrogen-bond acceptors (Lipinski definition) is 5. The van der Waals surface area contributed by atoms with Crippen molar-refractivity contribution < 1.29 is 27.2 Å². The van der Waals surface area contributed by atoms with Crippen LogP contribution in [-0.4, -0.2) is 39.8 Å². The Hall–Kier alpha value is -1.80. The second kappa shape index (κ2) is 4.36. The number of fused-ring (bicyclic) bond motifs is 1. The summed E-state index contributed by atoms with van der Waals surface area (Å²) in [6.45, 7) is 5.94. The fraction of sp³-hybridized carbons (Fsp3) is 0.769. The molecule has 22 heavy (non-hydrogen) atoms. The van der Waals surface area contributed by atoms with Gasteiger partial charge in [0.25, 0.3) is 5.82 Å². The monoisotopic (exact) mass is 319 g/mol. The third-order valence-corrected chi connectivity index (χ3v) is 3.90. The highest BCUT2D eigenvalue weighted by Crippen LogP contribution is 2.58. The predicted molar refractivity (Wildman–Crippen MR) is 66.9 cm³/mol. The van der Waals surface area contributed by atoms with Crippen molar-refractivity contribution in [1.29, 1.82) is 0 Å². The summed E-state index contributed by atoms with van der Waals surface area (Å²) >= 11 is 0. The lowest BCUT2D eigenvalue weighted by Gasteiger charge is -2.25. The first-order valence-electron chi connectivity index (χ1n) is 6.91. The van der Waals surface area contributed by atoms with Gasteiger partial charge in [0, 0.05) is 13.1 Å². The van der Waals surface area contributed by atoms with Crippen LogP contribution in [0.25, 0.3) is 0 Å². The number of ether oxygens (including phenoxy) is 1. The first-order chi connectivity index (χ1) is 10.0. The maximum absolute atomic E-state index is 12.5. The van der Waals surface area contributed by atoms with E-state index in [-0.39, 0.29) is 18.4 Å². The van der Waals surface area contributed by atoms with Gasteiger partial charge in [-0.25, -0.2) is 4.79 Å². The van der Waals surface area contributed by atoms with Crippen LogP contribution in [0, 0.1) is 5.92 Å². The Labute approximate surface area is 124 Å². The molecule has 1 aromatic heterocycles. The lowest BCUT2D eigenvalue weighted by molar-refractivity contribution is -0.146. The zero-order valence-corrected chi connectivity index (χ0v) is 12.4. The van der Waals surface area contributed by atoms with Crippen LogP contribution in [0.3, 0.4) is 0 Å². The first-order valence-corrected chi connectivity index (χ1v) is 6.91. The SMILES string of the molecule is CC(C)(C)OC(=O)N1CC2CC2(c2nc(C(F)(F)F)no2)C1. The van der Waals surface area contributed by atoms with Gasteiger partial charge < -0.3 is 14.2 Å². The maximum Gasteiger partial charge on any atom is 0.455 e. The molecule has 0 N–H and O–H groups in total. The summed E-state index contributed by atoms with van der Waals surface area (Å²) in [5, 5.41) is 2.99. The second-order valence-electron chi connectivity index (χ2n) is 6.84. The van der Waals surface area contributed by atoms with Gasteiger partial charge in [0.2, 0.25) is 5.89 Å². The van der Waals surface area contributed by atoms with Gasteiger partial charge in [0.1, 0.15) is 5.60 Å². The van der Waals surface area contributed by atoms with Crippen molar-refractivity contribution >= 4 is 6.09 Å². The van der Waals surface area contributed by atoms with E-state index in [4.69, 9.17) is 9.26 Å².